The van der Waals surface area contributed by atoms with Gasteiger partial charge < -0.3 is 4.74 Å². The minimum absolute atomic E-state index is 0.0755. The molecule has 1 aliphatic heterocycles. The maximum atomic E-state index is 13.5. The van der Waals surface area contributed by atoms with E-state index in [0.717, 1.165) is 32.7 Å². The lowest BCUT2D eigenvalue weighted by molar-refractivity contribution is -0.119. The average molecular weight is 544 g/mol. The maximum Gasteiger partial charge on any atom is 0.264 e. The van der Waals surface area contributed by atoms with Crippen molar-refractivity contribution in [3.8, 4) is 5.75 Å². The molecule has 10 heteroatoms. The third kappa shape index (κ3) is 6.21. The number of nitrogens with one attached hydrogen (secondary N) is 1. The molecular weight excluding hydrogens is 518 g/mol. The highest BCUT2D eigenvalue weighted by molar-refractivity contribution is 8.00. The number of halogens is 1. The summed E-state index contributed by atoms with van der Waals surface area (Å²) in [6.07, 6.45) is 1.75. The Labute approximate surface area is 220 Å². The van der Waals surface area contributed by atoms with Crippen molar-refractivity contribution >= 4 is 51.2 Å². The van der Waals surface area contributed by atoms with Crippen molar-refractivity contribution in [3.05, 3.63) is 88.4 Å². The number of hydrogen-bond acceptors (Lipinski definition) is 6. The SMILES string of the molecule is Cc1ccc(S(=O)(=O)N(CC(=O)N/N=C\c2ccc(OC3CSC3)cc2)c2cccc(Cl)c2C)cc1. The van der Waals surface area contributed by atoms with Gasteiger partial charge in [-0.25, -0.2) is 13.8 Å². The van der Waals surface area contributed by atoms with Crippen molar-refractivity contribution in [3.63, 3.8) is 0 Å². The summed E-state index contributed by atoms with van der Waals surface area (Å²) in [4.78, 5) is 12.8. The van der Waals surface area contributed by atoms with Crippen molar-refractivity contribution in [1.29, 1.82) is 0 Å². The van der Waals surface area contributed by atoms with Gasteiger partial charge in [0.25, 0.3) is 15.9 Å². The summed E-state index contributed by atoms with van der Waals surface area (Å²) in [6.45, 7) is 3.11. The van der Waals surface area contributed by atoms with Gasteiger partial charge in [0.1, 0.15) is 18.4 Å². The van der Waals surface area contributed by atoms with Gasteiger partial charge in [-0.1, -0.05) is 35.4 Å². The Morgan fingerprint density at radius 1 is 1.11 bits per heavy atom. The van der Waals surface area contributed by atoms with Crippen LogP contribution in [0.15, 0.2) is 76.7 Å². The molecule has 1 amide bonds. The van der Waals surface area contributed by atoms with Gasteiger partial charge in [0, 0.05) is 16.5 Å². The van der Waals surface area contributed by atoms with Gasteiger partial charge in [-0.3, -0.25) is 9.10 Å². The standard InChI is InChI=1S/C26H26ClN3O4S2/c1-18-6-12-23(13-7-18)36(32,33)30(25-5-3-4-24(27)19(25)2)15-26(31)29-28-14-20-8-10-21(11-9-20)34-22-16-35-17-22/h3-14,22H,15-17H2,1-2H3,(H,29,31)/b28-14-. The first-order valence-electron chi connectivity index (χ1n) is 11.2. The molecule has 0 aliphatic carbocycles. The number of sulfonamides is 1. The molecule has 1 heterocycles. The molecule has 188 valence electrons. The number of carbonyl (C=O) groups excluding carboxylic acids is 1. The lowest BCUT2D eigenvalue weighted by atomic mass is 10.2. The van der Waals surface area contributed by atoms with E-state index in [1.165, 1.54) is 18.3 Å². The zero-order valence-corrected chi connectivity index (χ0v) is 22.2. The molecule has 0 radical (unpaired) electrons. The summed E-state index contributed by atoms with van der Waals surface area (Å²) in [5, 5.41) is 4.40. The summed E-state index contributed by atoms with van der Waals surface area (Å²) in [6, 6.07) is 18.8. The zero-order chi connectivity index (χ0) is 25.7. The summed E-state index contributed by atoms with van der Waals surface area (Å²) < 4.78 is 33.9. The Bertz CT molecular complexity index is 1360. The van der Waals surface area contributed by atoms with Gasteiger partial charge in [-0.05, 0) is 73.5 Å². The number of ether oxygens (including phenoxy) is 1. The quantitative estimate of drug-likeness (QED) is 0.309. The van der Waals surface area contributed by atoms with Crippen molar-refractivity contribution in [1.82, 2.24) is 5.43 Å². The van der Waals surface area contributed by atoms with Crippen LogP contribution in [-0.2, 0) is 14.8 Å². The minimum atomic E-state index is -4.05. The number of thioether (sulfide) groups is 1. The van der Waals surface area contributed by atoms with Crippen LogP contribution in [0.4, 0.5) is 5.69 Å². The van der Waals surface area contributed by atoms with Gasteiger partial charge in [-0.2, -0.15) is 16.9 Å². The molecule has 0 saturated carbocycles. The number of nitrogens with zero attached hydrogens (tertiary/aromatic N) is 2. The van der Waals surface area contributed by atoms with Crippen molar-refractivity contribution in [2.45, 2.75) is 24.8 Å². The minimum Gasteiger partial charge on any atom is -0.489 e. The summed E-state index contributed by atoms with van der Waals surface area (Å²) in [5.74, 6) is 2.19. The number of amides is 1. The lowest BCUT2D eigenvalue weighted by Gasteiger charge is -2.25. The largest absolute Gasteiger partial charge is 0.489 e. The number of hydrazone groups is 1. The molecular formula is C26H26ClN3O4S2. The van der Waals surface area contributed by atoms with E-state index in [9.17, 15) is 13.2 Å². The fourth-order valence-corrected chi connectivity index (χ4v) is 5.67. The van der Waals surface area contributed by atoms with E-state index in [2.05, 4.69) is 10.5 Å². The fourth-order valence-electron chi connectivity index (χ4n) is 3.45. The van der Waals surface area contributed by atoms with E-state index in [-0.39, 0.29) is 11.0 Å². The molecule has 0 unspecified atom stereocenters. The summed E-state index contributed by atoms with van der Waals surface area (Å²) >= 11 is 8.11. The Morgan fingerprint density at radius 3 is 2.44 bits per heavy atom. The normalized spacial score (nSPS) is 13.9. The van der Waals surface area contributed by atoms with Crippen LogP contribution < -0.4 is 14.5 Å². The number of aryl methyl sites for hydroxylation is 1. The molecule has 4 rings (SSSR count). The van der Waals surface area contributed by atoms with Crippen LogP contribution in [0.5, 0.6) is 5.75 Å². The van der Waals surface area contributed by atoms with E-state index in [0.29, 0.717) is 16.3 Å². The van der Waals surface area contributed by atoms with E-state index in [1.54, 1.807) is 37.3 Å². The van der Waals surface area contributed by atoms with Crippen molar-refractivity contribution in [2.75, 3.05) is 22.4 Å². The molecule has 1 saturated heterocycles. The third-order valence-corrected chi connectivity index (χ3v) is 9.00. The topological polar surface area (TPSA) is 88.1 Å². The highest BCUT2D eigenvalue weighted by atomic mass is 35.5. The van der Waals surface area contributed by atoms with Crippen LogP contribution in [0.1, 0.15) is 16.7 Å². The summed E-state index contributed by atoms with van der Waals surface area (Å²) in [5.41, 5.74) is 4.98. The van der Waals surface area contributed by atoms with E-state index < -0.39 is 22.5 Å². The molecule has 1 N–H and O–H groups in total. The van der Waals surface area contributed by atoms with Crippen molar-refractivity contribution < 1.29 is 17.9 Å². The van der Waals surface area contributed by atoms with Crippen LogP contribution in [-0.4, -0.2) is 44.7 Å². The Kier molecular flexibility index (Phi) is 8.23. The second-order valence-corrected chi connectivity index (χ2v) is 11.7. The molecule has 0 atom stereocenters. The molecule has 7 nitrogen and oxygen atoms in total. The lowest BCUT2D eigenvalue weighted by Crippen LogP contribution is -2.40. The number of hydrogen-bond donors (Lipinski definition) is 1. The number of carbonyl (C=O) groups is 1. The van der Waals surface area contributed by atoms with E-state index in [4.69, 9.17) is 16.3 Å². The smallest absolute Gasteiger partial charge is 0.264 e. The van der Waals surface area contributed by atoms with Gasteiger partial charge in [0.15, 0.2) is 0 Å². The van der Waals surface area contributed by atoms with Crippen LogP contribution in [0, 0.1) is 13.8 Å². The molecule has 0 bridgehead atoms. The van der Waals surface area contributed by atoms with Crippen LogP contribution in [0.3, 0.4) is 0 Å². The predicted molar refractivity (Wildman–Crippen MR) is 146 cm³/mol. The van der Waals surface area contributed by atoms with Gasteiger partial charge in [0.2, 0.25) is 0 Å². The van der Waals surface area contributed by atoms with Crippen LogP contribution in [0.25, 0.3) is 0 Å². The van der Waals surface area contributed by atoms with Gasteiger partial charge >= 0.3 is 0 Å². The fraction of sp³-hybridized carbons (Fsp3) is 0.231. The van der Waals surface area contributed by atoms with Gasteiger partial charge in [0.05, 0.1) is 16.8 Å². The Morgan fingerprint density at radius 2 is 1.81 bits per heavy atom. The second-order valence-electron chi connectivity index (χ2n) is 8.35. The molecule has 0 aromatic heterocycles. The van der Waals surface area contributed by atoms with Crippen LogP contribution >= 0.6 is 23.4 Å². The average Bonchev–Trinajstić information content (AvgIpc) is 2.83. The first-order chi connectivity index (χ1) is 17.2. The molecule has 3 aromatic carbocycles. The first-order valence-corrected chi connectivity index (χ1v) is 14.2. The molecule has 36 heavy (non-hydrogen) atoms. The first kappa shape index (κ1) is 26.1. The monoisotopic (exact) mass is 543 g/mol. The molecule has 3 aromatic rings. The maximum absolute atomic E-state index is 13.5. The molecule has 1 fully saturated rings. The van der Waals surface area contributed by atoms with Crippen molar-refractivity contribution in [2.24, 2.45) is 5.10 Å². The second kappa shape index (κ2) is 11.4. The highest BCUT2D eigenvalue weighted by Gasteiger charge is 2.28. The summed E-state index contributed by atoms with van der Waals surface area (Å²) in [7, 11) is -4.05. The zero-order valence-electron chi connectivity index (χ0n) is 19.8. The number of anilines is 1. The van der Waals surface area contributed by atoms with E-state index in [1.807, 2.05) is 43.0 Å². The van der Waals surface area contributed by atoms with E-state index >= 15 is 0 Å². The highest BCUT2D eigenvalue weighted by Crippen LogP contribution is 2.31. The number of rotatable bonds is 9. The van der Waals surface area contributed by atoms with Gasteiger partial charge in [-0.15, -0.1) is 0 Å². The number of benzene rings is 3. The van der Waals surface area contributed by atoms with Crippen LogP contribution in [0.2, 0.25) is 5.02 Å². The molecule has 0 spiro atoms. The third-order valence-electron chi connectivity index (χ3n) is 5.60. The Balaban J connectivity index is 1.49. The predicted octanol–water partition coefficient (Wildman–Crippen LogP) is 4.80. The molecule has 1 aliphatic rings. The Hall–Kier alpha value is -3.01.